The molecule has 158 valence electrons. The average molecular weight is 406 g/mol. The van der Waals surface area contributed by atoms with E-state index in [9.17, 15) is 18.4 Å². The van der Waals surface area contributed by atoms with E-state index in [1.807, 2.05) is 0 Å². The highest BCUT2D eigenvalue weighted by Gasteiger charge is 2.33. The smallest absolute Gasteiger partial charge is 0.249 e. The molecule has 3 atom stereocenters. The van der Waals surface area contributed by atoms with Crippen LogP contribution in [0.3, 0.4) is 0 Å². The monoisotopic (exact) mass is 406 g/mol. The van der Waals surface area contributed by atoms with Crippen molar-refractivity contribution in [3.63, 3.8) is 0 Å². The van der Waals surface area contributed by atoms with Crippen molar-refractivity contribution in [3.8, 4) is 0 Å². The number of halogens is 2. The first-order valence-corrected chi connectivity index (χ1v) is 10.5. The molecule has 3 unspecified atom stereocenters. The number of likely N-dealkylation sites (tertiary alicyclic amines) is 1. The summed E-state index contributed by atoms with van der Waals surface area (Å²) < 4.78 is 29.0. The van der Waals surface area contributed by atoms with Crippen molar-refractivity contribution < 1.29 is 18.4 Å². The van der Waals surface area contributed by atoms with Gasteiger partial charge in [0.25, 0.3) is 0 Å². The van der Waals surface area contributed by atoms with Crippen LogP contribution >= 0.6 is 0 Å². The molecule has 0 bridgehead atoms. The Morgan fingerprint density at radius 1 is 1.10 bits per heavy atom. The lowest BCUT2D eigenvalue weighted by atomic mass is 9.87. The van der Waals surface area contributed by atoms with E-state index in [0.29, 0.717) is 24.2 Å². The minimum Gasteiger partial charge on any atom is -0.374 e. The number of piperidine rings is 3. The molecule has 0 aromatic heterocycles. The normalized spacial score (nSPS) is 29.5. The number of imide groups is 1. The third-order valence-corrected chi connectivity index (χ3v) is 6.39. The van der Waals surface area contributed by atoms with Crippen molar-refractivity contribution in [2.75, 3.05) is 31.5 Å². The molecule has 6 nitrogen and oxygen atoms in total. The molecule has 2 amide bonds. The van der Waals surface area contributed by atoms with Gasteiger partial charge in [-0.25, -0.2) is 8.78 Å². The summed E-state index contributed by atoms with van der Waals surface area (Å²) in [6.07, 6.45) is 2.29. The van der Waals surface area contributed by atoms with Crippen LogP contribution in [0.5, 0.6) is 0 Å². The molecule has 0 saturated carbocycles. The average Bonchev–Trinajstić information content (AvgIpc) is 2.71. The number of hydrogen-bond acceptors (Lipinski definition) is 5. The maximum atomic E-state index is 14.8. The molecule has 3 aliphatic heterocycles. The molecule has 3 fully saturated rings. The molecule has 8 heteroatoms. The van der Waals surface area contributed by atoms with Crippen LogP contribution in [0.1, 0.15) is 43.6 Å². The van der Waals surface area contributed by atoms with Gasteiger partial charge in [0.05, 0.1) is 0 Å². The Bertz CT molecular complexity index is 767. The van der Waals surface area contributed by atoms with Gasteiger partial charge >= 0.3 is 0 Å². The molecule has 0 aliphatic carbocycles. The molecule has 29 heavy (non-hydrogen) atoms. The third kappa shape index (κ3) is 4.59. The van der Waals surface area contributed by atoms with E-state index in [-0.39, 0.29) is 36.0 Å². The van der Waals surface area contributed by atoms with E-state index in [1.165, 1.54) is 6.07 Å². The van der Waals surface area contributed by atoms with E-state index in [4.69, 9.17) is 0 Å². The van der Waals surface area contributed by atoms with Crippen molar-refractivity contribution in [2.24, 2.45) is 0 Å². The van der Waals surface area contributed by atoms with Gasteiger partial charge in [-0.15, -0.1) is 0 Å². The van der Waals surface area contributed by atoms with E-state index >= 15 is 0 Å². The summed E-state index contributed by atoms with van der Waals surface area (Å²) in [6.45, 7) is 2.83. The lowest BCUT2D eigenvalue weighted by Crippen LogP contribution is -2.53. The van der Waals surface area contributed by atoms with Gasteiger partial charge in [0.15, 0.2) is 0 Å². The second kappa shape index (κ2) is 8.75. The molecule has 1 aromatic rings. The Kier molecular flexibility index (Phi) is 6.10. The summed E-state index contributed by atoms with van der Waals surface area (Å²) >= 11 is 0. The molecule has 0 radical (unpaired) electrons. The maximum absolute atomic E-state index is 14.8. The summed E-state index contributed by atoms with van der Waals surface area (Å²) in [4.78, 5) is 25.3. The largest absolute Gasteiger partial charge is 0.374 e. The fourth-order valence-electron chi connectivity index (χ4n) is 4.74. The Morgan fingerprint density at radius 2 is 1.90 bits per heavy atom. The fraction of sp³-hybridized carbons (Fsp3) is 0.619. The Hall–Kier alpha value is -2.06. The maximum Gasteiger partial charge on any atom is 0.249 e. The lowest BCUT2D eigenvalue weighted by Gasteiger charge is -2.41. The number of hydrogen-bond donors (Lipinski definition) is 3. The molecule has 4 rings (SSSR count). The van der Waals surface area contributed by atoms with E-state index in [2.05, 4.69) is 20.9 Å². The zero-order valence-corrected chi connectivity index (χ0v) is 16.4. The number of nitrogens with one attached hydrogen (secondary N) is 3. The minimum atomic E-state index is -0.838. The SMILES string of the molecule is O=C1CCC(Nc2ccc(C3CCN(C4CCNCC4F)CC3)c(F)c2)C(=O)N1. The highest BCUT2D eigenvalue weighted by Crippen LogP contribution is 2.33. The number of carbonyl (C=O) groups is 2. The number of amides is 2. The zero-order chi connectivity index (χ0) is 20.4. The first-order valence-electron chi connectivity index (χ1n) is 10.5. The number of anilines is 1. The standard InChI is InChI=1S/C21H28F2N4O2/c22-16-11-14(25-18-3-4-20(28)26-21(18)29)1-2-15(16)13-6-9-27(10-7-13)19-5-8-24-12-17(19)23/h1-2,11,13,17-19,24-25H,3-10,12H2,(H,26,28,29). The number of nitrogens with zero attached hydrogens (tertiary/aromatic N) is 1. The fourth-order valence-corrected chi connectivity index (χ4v) is 4.74. The van der Waals surface area contributed by atoms with Crippen LogP contribution in [0.25, 0.3) is 0 Å². The number of rotatable bonds is 4. The summed E-state index contributed by atoms with van der Waals surface area (Å²) in [5.74, 6) is -0.812. The lowest BCUT2D eigenvalue weighted by molar-refractivity contribution is -0.133. The van der Waals surface area contributed by atoms with Gasteiger partial charge in [0.2, 0.25) is 11.8 Å². The predicted molar refractivity (Wildman–Crippen MR) is 106 cm³/mol. The molecule has 3 heterocycles. The quantitative estimate of drug-likeness (QED) is 0.667. The van der Waals surface area contributed by atoms with Gasteiger partial charge in [0, 0.05) is 24.7 Å². The first-order chi connectivity index (χ1) is 14.0. The molecule has 3 N–H and O–H groups in total. The second-order valence-electron chi connectivity index (χ2n) is 8.27. The molecular formula is C21H28F2N4O2. The zero-order valence-electron chi connectivity index (χ0n) is 16.4. The van der Waals surface area contributed by atoms with Crippen LogP contribution in [0.2, 0.25) is 0 Å². The van der Waals surface area contributed by atoms with Crippen LogP contribution in [-0.4, -0.2) is 61.1 Å². The summed E-state index contributed by atoms with van der Waals surface area (Å²) in [5, 5.41) is 8.40. The van der Waals surface area contributed by atoms with Gasteiger partial charge in [-0.05, 0) is 68.9 Å². The van der Waals surface area contributed by atoms with Crippen molar-refractivity contribution in [1.29, 1.82) is 0 Å². The van der Waals surface area contributed by atoms with Gasteiger partial charge in [-0.2, -0.15) is 0 Å². The number of carbonyl (C=O) groups excluding carboxylic acids is 2. The van der Waals surface area contributed by atoms with Crippen LogP contribution in [0.15, 0.2) is 18.2 Å². The Labute approximate surface area is 169 Å². The molecule has 3 aliphatic rings. The second-order valence-corrected chi connectivity index (χ2v) is 8.27. The molecule has 3 saturated heterocycles. The topological polar surface area (TPSA) is 73.5 Å². The van der Waals surface area contributed by atoms with E-state index in [1.54, 1.807) is 12.1 Å². The van der Waals surface area contributed by atoms with Crippen LogP contribution in [0, 0.1) is 5.82 Å². The summed E-state index contributed by atoms with van der Waals surface area (Å²) in [6, 6.07) is 4.45. The van der Waals surface area contributed by atoms with Crippen LogP contribution in [0.4, 0.5) is 14.5 Å². The van der Waals surface area contributed by atoms with Crippen LogP contribution in [-0.2, 0) is 9.59 Å². The van der Waals surface area contributed by atoms with Crippen LogP contribution < -0.4 is 16.0 Å². The van der Waals surface area contributed by atoms with Gasteiger partial charge in [-0.3, -0.25) is 19.8 Å². The van der Waals surface area contributed by atoms with Crippen molar-refractivity contribution in [3.05, 3.63) is 29.6 Å². The molecular weight excluding hydrogens is 378 g/mol. The Morgan fingerprint density at radius 3 is 2.59 bits per heavy atom. The van der Waals surface area contributed by atoms with Gasteiger partial charge in [-0.1, -0.05) is 6.07 Å². The summed E-state index contributed by atoms with van der Waals surface area (Å²) in [5.41, 5.74) is 1.22. The van der Waals surface area contributed by atoms with Gasteiger partial charge in [0.1, 0.15) is 18.0 Å². The predicted octanol–water partition coefficient (Wildman–Crippen LogP) is 1.92. The third-order valence-electron chi connectivity index (χ3n) is 6.39. The molecule has 1 aromatic carbocycles. The van der Waals surface area contributed by atoms with E-state index in [0.717, 1.165) is 38.9 Å². The Balaban J connectivity index is 1.35. The highest BCUT2D eigenvalue weighted by molar-refractivity contribution is 6.01. The number of alkyl halides is 1. The molecule has 0 spiro atoms. The number of benzene rings is 1. The minimum absolute atomic E-state index is 0.0258. The van der Waals surface area contributed by atoms with Crippen molar-refractivity contribution in [2.45, 2.75) is 56.3 Å². The van der Waals surface area contributed by atoms with Crippen molar-refractivity contribution in [1.82, 2.24) is 15.5 Å². The highest BCUT2D eigenvalue weighted by atomic mass is 19.1. The first kappa shape index (κ1) is 20.2. The summed E-state index contributed by atoms with van der Waals surface area (Å²) in [7, 11) is 0. The van der Waals surface area contributed by atoms with Crippen molar-refractivity contribution >= 4 is 17.5 Å². The van der Waals surface area contributed by atoms with Gasteiger partial charge < -0.3 is 10.6 Å². The van der Waals surface area contributed by atoms with E-state index < -0.39 is 12.2 Å².